The van der Waals surface area contributed by atoms with E-state index < -0.39 is 0 Å². The number of fused-ring (bicyclic) bond motifs is 1. The summed E-state index contributed by atoms with van der Waals surface area (Å²) < 4.78 is 1.06. The molecule has 3 rings (SSSR count). The van der Waals surface area contributed by atoms with Crippen LogP contribution in [-0.4, -0.2) is 17.2 Å². The van der Waals surface area contributed by atoms with Gasteiger partial charge in [-0.25, -0.2) is 5.43 Å². The lowest BCUT2D eigenvalue weighted by Gasteiger charge is -1.98. The van der Waals surface area contributed by atoms with Gasteiger partial charge in [0.2, 0.25) is 0 Å². The summed E-state index contributed by atoms with van der Waals surface area (Å²) in [5, 5.41) is 14.5. The number of hydrogen-bond acceptors (Lipinski definition) is 4. The highest BCUT2D eigenvalue weighted by molar-refractivity contribution is 7.20. The molecule has 0 aliphatic carbocycles. The highest BCUT2D eigenvalue weighted by Gasteiger charge is 2.08. The highest BCUT2D eigenvalue weighted by Crippen LogP contribution is 2.25. The number of benzene rings is 2. The summed E-state index contributed by atoms with van der Waals surface area (Å²) in [7, 11) is 0. The molecule has 0 saturated heterocycles. The van der Waals surface area contributed by atoms with Crippen molar-refractivity contribution in [2.24, 2.45) is 5.10 Å². The van der Waals surface area contributed by atoms with E-state index in [4.69, 9.17) is 0 Å². The molecular weight excluding hydrogens is 284 g/mol. The minimum Gasteiger partial charge on any atom is -0.507 e. The van der Waals surface area contributed by atoms with Crippen molar-refractivity contribution >= 4 is 33.5 Å². The molecule has 0 saturated carbocycles. The van der Waals surface area contributed by atoms with E-state index in [1.165, 1.54) is 17.6 Å². The quantitative estimate of drug-likeness (QED) is 0.575. The number of phenols is 1. The van der Waals surface area contributed by atoms with Gasteiger partial charge in [-0.1, -0.05) is 30.3 Å². The molecule has 0 aliphatic heterocycles. The first-order chi connectivity index (χ1) is 10.2. The molecule has 21 heavy (non-hydrogen) atoms. The van der Waals surface area contributed by atoms with Crippen molar-refractivity contribution in [1.29, 1.82) is 0 Å². The fourth-order valence-corrected chi connectivity index (χ4v) is 2.86. The second-order valence-corrected chi connectivity index (χ2v) is 5.49. The highest BCUT2D eigenvalue weighted by atomic mass is 32.1. The minimum absolute atomic E-state index is 0.123. The summed E-state index contributed by atoms with van der Waals surface area (Å²) in [6.45, 7) is 0. The van der Waals surface area contributed by atoms with E-state index in [-0.39, 0.29) is 11.7 Å². The largest absolute Gasteiger partial charge is 0.507 e. The molecule has 0 aliphatic rings. The Kier molecular flexibility index (Phi) is 3.66. The number of hydrazone groups is 1. The molecule has 0 atom stereocenters. The predicted octanol–water partition coefficient (Wildman–Crippen LogP) is 3.37. The Morgan fingerprint density at radius 1 is 1.14 bits per heavy atom. The number of rotatable bonds is 3. The van der Waals surface area contributed by atoms with E-state index >= 15 is 0 Å². The van der Waals surface area contributed by atoms with Gasteiger partial charge in [-0.05, 0) is 29.7 Å². The minimum atomic E-state index is -0.261. The van der Waals surface area contributed by atoms with Crippen LogP contribution in [0.25, 0.3) is 10.1 Å². The fraction of sp³-hybridized carbons (Fsp3) is 0. The van der Waals surface area contributed by atoms with Crippen molar-refractivity contribution in [2.45, 2.75) is 0 Å². The standard InChI is InChI=1S/C16H12N2O2S/c19-13-7-3-1-6-12(13)10-17-18-16(20)15-9-11-5-2-4-8-14(11)21-15/h1-10,19H,(H,18,20). The van der Waals surface area contributed by atoms with E-state index in [0.717, 1.165) is 10.1 Å². The number of amides is 1. The lowest BCUT2D eigenvalue weighted by Crippen LogP contribution is -2.16. The Hall–Kier alpha value is -2.66. The van der Waals surface area contributed by atoms with Gasteiger partial charge in [-0.2, -0.15) is 5.10 Å². The smallest absolute Gasteiger partial charge is 0.281 e. The molecule has 0 bridgehead atoms. The monoisotopic (exact) mass is 296 g/mol. The summed E-state index contributed by atoms with van der Waals surface area (Å²) in [6, 6.07) is 16.4. The Bertz CT molecular complexity index is 791. The maximum atomic E-state index is 12.0. The number of carbonyl (C=O) groups excluding carboxylic acids is 1. The van der Waals surface area contributed by atoms with Gasteiger partial charge in [-0.3, -0.25) is 4.79 Å². The SMILES string of the molecule is O=C(NN=Cc1ccccc1O)c1cc2ccccc2s1. The topological polar surface area (TPSA) is 61.7 Å². The number of nitrogens with one attached hydrogen (secondary N) is 1. The molecular formula is C16H12N2O2S. The summed E-state index contributed by atoms with van der Waals surface area (Å²) in [5.74, 6) is -0.139. The molecule has 1 amide bonds. The molecule has 0 radical (unpaired) electrons. The van der Waals surface area contributed by atoms with Gasteiger partial charge in [0.05, 0.1) is 11.1 Å². The van der Waals surface area contributed by atoms with Crippen LogP contribution in [0.1, 0.15) is 15.2 Å². The van der Waals surface area contributed by atoms with Crippen LogP contribution in [0.15, 0.2) is 59.7 Å². The molecule has 1 aromatic heterocycles. The number of thiophene rings is 1. The molecule has 2 N–H and O–H groups in total. The third kappa shape index (κ3) is 2.93. The Balaban J connectivity index is 1.73. The van der Waals surface area contributed by atoms with Crippen LogP contribution < -0.4 is 5.43 Å². The molecule has 104 valence electrons. The Morgan fingerprint density at radius 2 is 1.90 bits per heavy atom. The number of nitrogens with zero attached hydrogens (tertiary/aromatic N) is 1. The number of carbonyl (C=O) groups is 1. The molecule has 0 unspecified atom stereocenters. The zero-order valence-electron chi connectivity index (χ0n) is 11.0. The maximum Gasteiger partial charge on any atom is 0.281 e. The molecule has 0 spiro atoms. The van der Waals surface area contributed by atoms with E-state index in [9.17, 15) is 9.90 Å². The van der Waals surface area contributed by atoms with Crippen LogP contribution in [0.4, 0.5) is 0 Å². The zero-order chi connectivity index (χ0) is 14.7. The maximum absolute atomic E-state index is 12.0. The fourth-order valence-electron chi connectivity index (χ4n) is 1.91. The van der Waals surface area contributed by atoms with E-state index in [2.05, 4.69) is 10.5 Å². The van der Waals surface area contributed by atoms with Gasteiger partial charge >= 0.3 is 0 Å². The molecule has 1 heterocycles. The van der Waals surface area contributed by atoms with Crippen molar-refractivity contribution in [2.75, 3.05) is 0 Å². The van der Waals surface area contributed by atoms with E-state index in [1.807, 2.05) is 30.3 Å². The summed E-state index contributed by atoms with van der Waals surface area (Å²) in [5.41, 5.74) is 3.02. The third-order valence-electron chi connectivity index (χ3n) is 2.96. The van der Waals surface area contributed by atoms with Gasteiger partial charge in [0.1, 0.15) is 5.75 Å². The lowest BCUT2D eigenvalue weighted by molar-refractivity contribution is 0.0959. The van der Waals surface area contributed by atoms with Crippen LogP contribution in [0.2, 0.25) is 0 Å². The average molecular weight is 296 g/mol. The summed E-state index contributed by atoms with van der Waals surface area (Å²) in [4.78, 5) is 12.6. The predicted molar refractivity (Wildman–Crippen MR) is 85.0 cm³/mol. The molecule has 0 fully saturated rings. The van der Waals surface area contributed by atoms with E-state index in [1.54, 1.807) is 24.3 Å². The van der Waals surface area contributed by atoms with Crippen LogP contribution in [0.3, 0.4) is 0 Å². The van der Waals surface area contributed by atoms with Gasteiger partial charge < -0.3 is 5.11 Å². The summed E-state index contributed by atoms with van der Waals surface area (Å²) in [6.07, 6.45) is 1.42. The molecule has 5 heteroatoms. The second-order valence-electron chi connectivity index (χ2n) is 4.41. The van der Waals surface area contributed by atoms with Crippen molar-refractivity contribution in [1.82, 2.24) is 5.43 Å². The van der Waals surface area contributed by atoms with Gasteiger partial charge in [0, 0.05) is 10.3 Å². The number of phenolic OH excluding ortho intramolecular Hbond substituents is 1. The van der Waals surface area contributed by atoms with Gasteiger partial charge in [-0.15, -0.1) is 11.3 Å². The normalized spacial score (nSPS) is 11.0. The van der Waals surface area contributed by atoms with Crippen molar-refractivity contribution in [3.05, 3.63) is 65.0 Å². The molecule has 3 aromatic rings. The zero-order valence-corrected chi connectivity index (χ0v) is 11.8. The van der Waals surface area contributed by atoms with Crippen LogP contribution >= 0.6 is 11.3 Å². The average Bonchev–Trinajstić information content (AvgIpc) is 2.93. The second kappa shape index (κ2) is 5.76. The molecule has 2 aromatic carbocycles. The summed E-state index contributed by atoms with van der Waals surface area (Å²) >= 11 is 1.42. The van der Waals surface area contributed by atoms with Crippen molar-refractivity contribution in [3.63, 3.8) is 0 Å². The molecule has 4 nitrogen and oxygen atoms in total. The Morgan fingerprint density at radius 3 is 2.71 bits per heavy atom. The van der Waals surface area contributed by atoms with Gasteiger partial charge in [0.25, 0.3) is 5.91 Å². The number of aromatic hydroxyl groups is 1. The van der Waals surface area contributed by atoms with Crippen LogP contribution in [-0.2, 0) is 0 Å². The third-order valence-corrected chi connectivity index (χ3v) is 4.07. The first-order valence-corrected chi connectivity index (χ1v) is 7.16. The Labute approximate surface area is 125 Å². The first-order valence-electron chi connectivity index (χ1n) is 6.34. The van der Waals surface area contributed by atoms with Crippen LogP contribution in [0.5, 0.6) is 5.75 Å². The number of para-hydroxylation sites is 1. The number of hydrogen-bond donors (Lipinski definition) is 2. The first kappa shape index (κ1) is 13.3. The van der Waals surface area contributed by atoms with Crippen LogP contribution in [0, 0.1) is 0 Å². The van der Waals surface area contributed by atoms with E-state index in [0.29, 0.717) is 10.4 Å². The van der Waals surface area contributed by atoms with Gasteiger partial charge in [0.15, 0.2) is 0 Å². The van der Waals surface area contributed by atoms with Crippen molar-refractivity contribution < 1.29 is 9.90 Å². The van der Waals surface area contributed by atoms with Crippen molar-refractivity contribution in [3.8, 4) is 5.75 Å². The lowest BCUT2D eigenvalue weighted by atomic mass is 10.2.